The minimum Gasteiger partial charge on any atom is -0.387 e. The van der Waals surface area contributed by atoms with Gasteiger partial charge in [-0.25, -0.2) is 4.39 Å². The topological polar surface area (TPSA) is 47.3 Å². The number of nitriles is 1. The molecular formula is C17H23FN2O. The lowest BCUT2D eigenvalue weighted by Crippen LogP contribution is -2.33. The van der Waals surface area contributed by atoms with Gasteiger partial charge in [-0.1, -0.05) is 12.1 Å². The molecule has 0 heterocycles. The molecule has 2 rings (SSSR count). The molecule has 21 heavy (non-hydrogen) atoms. The Morgan fingerprint density at radius 2 is 2.00 bits per heavy atom. The van der Waals surface area contributed by atoms with Crippen molar-refractivity contribution in [2.24, 2.45) is 5.41 Å². The lowest BCUT2D eigenvalue weighted by Gasteiger charge is -2.27. The van der Waals surface area contributed by atoms with Gasteiger partial charge in [-0.2, -0.15) is 5.26 Å². The van der Waals surface area contributed by atoms with Crippen LogP contribution in [0.5, 0.6) is 0 Å². The van der Waals surface area contributed by atoms with E-state index in [0.29, 0.717) is 12.6 Å². The molecule has 1 aliphatic carbocycles. The molecule has 0 bridgehead atoms. The van der Waals surface area contributed by atoms with E-state index in [0.717, 1.165) is 31.4 Å². The standard InChI is InChI=1S/C17H23FN2O/c1-17(2,12-19)9-10-20(15-7-8-15)11-16(21)13-3-5-14(18)6-4-13/h3-6,15-16,21H,7-11H2,1-2H3. The van der Waals surface area contributed by atoms with Crippen LogP contribution in [0, 0.1) is 22.6 Å². The quantitative estimate of drug-likeness (QED) is 0.838. The number of hydrogen-bond acceptors (Lipinski definition) is 3. The van der Waals surface area contributed by atoms with E-state index in [4.69, 9.17) is 5.26 Å². The molecule has 0 aliphatic heterocycles. The Labute approximate surface area is 126 Å². The number of benzene rings is 1. The van der Waals surface area contributed by atoms with Crippen LogP contribution in [0.3, 0.4) is 0 Å². The Hall–Kier alpha value is -1.44. The summed E-state index contributed by atoms with van der Waals surface area (Å²) < 4.78 is 12.9. The smallest absolute Gasteiger partial charge is 0.123 e. The van der Waals surface area contributed by atoms with Crippen LogP contribution in [0.4, 0.5) is 4.39 Å². The van der Waals surface area contributed by atoms with Gasteiger partial charge in [0.1, 0.15) is 5.82 Å². The Bertz CT molecular complexity index is 503. The Morgan fingerprint density at radius 3 is 2.52 bits per heavy atom. The van der Waals surface area contributed by atoms with E-state index in [-0.39, 0.29) is 11.2 Å². The summed E-state index contributed by atoms with van der Waals surface area (Å²) >= 11 is 0. The third-order valence-electron chi connectivity index (χ3n) is 4.05. The molecule has 114 valence electrons. The van der Waals surface area contributed by atoms with Crippen LogP contribution in [-0.2, 0) is 0 Å². The Balaban J connectivity index is 1.93. The monoisotopic (exact) mass is 290 g/mol. The van der Waals surface area contributed by atoms with Crippen molar-refractivity contribution in [3.05, 3.63) is 35.6 Å². The van der Waals surface area contributed by atoms with Crippen molar-refractivity contribution in [2.75, 3.05) is 13.1 Å². The summed E-state index contributed by atoms with van der Waals surface area (Å²) in [6, 6.07) is 8.85. The zero-order valence-corrected chi connectivity index (χ0v) is 12.7. The summed E-state index contributed by atoms with van der Waals surface area (Å²) in [6.07, 6.45) is 2.49. The van der Waals surface area contributed by atoms with Crippen LogP contribution < -0.4 is 0 Å². The van der Waals surface area contributed by atoms with Gasteiger partial charge in [-0.05, 0) is 50.8 Å². The number of rotatable bonds is 7. The summed E-state index contributed by atoms with van der Waals surface area (Å²) in [5, 5.41) is 19.4. The van der Waals surface area contributed by atoms with E-state index in [9.17, 15) is 9.50 Å². The van der Waals surface area contributed by atoms with E-state index < -0.39 is 6.10 Å². The van der Waals surface area contributed by atoms with E-state index >= 15 is 0 Å². The van der Waals surface area contributed by atoms with Crippen LogP contribution in [0.1, 0.15) is 44.8 Å². The molecule has 0 saturated heterocycles. The van der Waals surface area contributed by atoms with Gasteiger partial charge < -0.3 is 5.11 Å². The van der Waals surface area contributed by atoms with Crippen LogP contribution in [0.15, 0.2) is 24.3 Å². The minimum atomic E-state index is -0.614. The largest absolute Gasteiger partial charge is 0.387 e. The van der Waals surface area contributed by atoms with Gasteiger partial charge in [0.15, 0.2) is 0 Å². The SMILES string of the molecule is CC(C)(C#N)CCN(CC(O)c1ccc(F)cc1)C1CC1. The molecule has 1 unspecified atom stereocenters. The maximum Gasteiger partial charge on any atom is 0.123 e. The molecule has 3 nitrogen and oxygen atoms in total. The second-order valence-corrected chi connectivity index (χ2v) is 6.54. The first-order chi connectivity index (χ1) is 9.91. The highest BCUT2D eigenvalue weighted by molar-refractivity contribution is 5.18. The fourth-order valence-electron chi connectivity index (χ4n) is 2.35. The summed E-state index contributed by atoms with van der Waals surface area (Å²) in [7, 11) is 0. The van der Waals surface area contributed by atoms with Gasteiger partial charge in [-0.3, -0.25) is 4.90 Å². The third-order valence-corrected chi connectivity index (χ3v) is 4.05. The molecule has 1 saturated carbocycles. The third kappa shape index (κ3) is 4.80. The summed E-state index contributed by atoms with van der Waals surface area (Å²) in [4.78, 5) is 2.26. The predicted molar refractivity (Wildman–Crippen MR) is 80.0 cm³/mol. The lowest BCUT2D eigenvalue weighted by molar-refractivity contribution is 0.103. The van der Waals surface area contributed by atoms with E-state index in [2.05, 4.69) is 11.0 Å². The summed E-state index contributed by atoms with van der Waals surface area (Å²) in [5.74, 6) is -0.291. The fourth-order valence-corrected chi connectivity index (χ4v) is 2.35. The highest BCUT2D eigenvalue weighted by Gasteiger charge is 2.31. The normalized spacial score (nSPS) is 16.8. The molecule has 1 atom stereocenters. The second kappa shape index (κ2) is 6.55. The molecule has 1 aromatic carbocycles. The van der Waals surface area contributed by atoms with Crippen molar-refractivity contribution < 1.29 is 9.50 Å². The average molecular weight is 290 g/mol. The molecule has 1 N–H and O–H groups in total. The second-order valence-electron chi connectivity index (χ2n) is 6.54. The zero-order chi connectivity index (χ0) is 15.5. The van der Waals surface area contributed by atoms with Crippen LogP contribution in [0.2, 0.25) is 0 Å². The predicted octanol–water partition coefficient (Wildman–Crippen LogP) is 3.26. The van der Waals surface area contributed by atoms with Crippen LogP contribution >= 0.6 is 0 Å². The van der Waals surface area contributed by atoms with E-state index in [1.54, 1.807) is 12.1 Å². The first-order valence-corrected chi connectivity index (χ1v) is 7.50. The van der Waals surface area contributed by atoms with Crippen molar-refractivity contribution >= 4 is 0 Å². The number of aliphatic hydroxyl groups excluding tert-OH is 1. The van der Waals surface area contributed by atoms with E-state index in [1.165, 1.54) is 12.1 Å². The highest BCUT2D eigenvalue weighted by Crippen LogP contribution is 2.30. The molecule has 1 fully saturated rings. The summed E-state index contributed by atoms with van der Waals surface area (Å²) in [6.45, 7) is 5.23. The molecule has 1 aliphatic rings. The molecule has 0 radical (unpaired) electrons. The molecule has 0 aromatic heterocycles. The van der Waals surface area contributed by atoms with Gasteiger partial charge in [0.25, 0.3) is 0 Å². The highest BCUT2D eigenvalue weighted by atomic mass is 19.1. The molecule has 4 heteroatoms. The van der Waals surface area contributed by atoms with Crippen molar-refractivity contribution in [1.29, 1.82) is 5.26 Å². The Morgan fingerprint density at radius 1 is 1.38 bits per heavy atom. The van der Waals surface area contributed by atoms with Gasteiger partial charge >= 0.3 is 0 Å². The van der Waals surface area contributed by atoms with Crippen molar-refractivity contribution in [2.45, 2.75) is 45.3 Å². The minimum absolute atomic E-state index is 0.291. The van der Waals surface area contributed by atoms with Gasteiger partial charge in [0.05, 0.1) is 17.6 Å². The molecular weight excluding hydrogens is 267 g/mol. The lowest BCUT2D eigenvalue weighted by atomic mass is 9.91. The van der Waals surface area contributed by atoms with Crippen LogP contribution in [-0.4, -0.2) is 29.1 Å². The van der Waals surface area contributed by atoms with Gasteiger partial charge in [-0.15, -0.1) is 0 Å². The number of halogens is 1. The number of aliphatic hydroxyl groups is 1. The van der Waals surface area contributed by atoms with Gasteiger partial charge in [0, 0.05) is 19.1 Å². The molecule has 0 spiro atoms. The maximum absolute atomic E-state index is 12.9. The average Bonchev–Trinajstić information content (AvgIpc) is 3.28. The first-order valence-electron chi connectivity index (χ1n) is 7.50. The molecule has 1 aromatic rings. The van der Waals surface area contributed by atoms with Gasteiger partial charge in [0.2, 0.25) is 0 Å². The fraction of sp³-hybridized carbons (Fsp3) is 0.588. The van der Waals surface area contributed by atoms with Crippen LogP contribution in [0.25, 0.3) is 0 Å². The molecule has 0 amide bonds. The van der Waals surface area contributed by atoms with Crippen molar-refractivity contribution in [3.63, 3.8) is 0 Å². The Kier molecular flexibility index (Phi) is 4.97. The summed E-state index contributed by atoms with van der Waals surface area (Å²) in [5.41, 5.74) is 0.398. The first kappa shape index (κ1) is 15.9. The zero-order valence-electron chi connectivity index (χ0n) is 12.7. The number of hydrogen-bond donors (Lipinski definition) is 1. The number of nitrogens with zero attached hydrogens (tertiary/aromatic N) is 2. The van der Waals surface area contributed by atoms with E-state index in [1.807, 2.05) is 13.8 Å². The maximum atomic E-state index is 12.9. The van der Waals surface area contributed by atoms with Crippen molar-refractivity contribution in [3.8, 4) is 6.07 Å². The van der Waals surface area contributed by atoms with Crippen molar-refractivity contribution in [1.82, 2.24) is 4.90 Å².